The molecule has 0 amide bonds. The van der Waals surface area contributed by atoms with Gasteiger partial charge >= 0.3 is 5.97 Å². The Balaban J connectivity index is 1.99. The third kappa shape index (κ3) is 2.04. The molecule has 1 fully saturated rings. The molecule has 1 spiro atoms. The maximum Gasteiger partial charge on any atom is 0.356 e. The molecule has 1 aliphatic carbocycles. The first-order chi connectivity index (χ1) is 9.15. The fourth-order valence-electron chi connectivity index (χ4n) is 2.98. The van der Waals surface area contributed by atoms with Crippen molar-refractivity contribution in [2.45, 2.75) is 44.9 Å². The Morgan fingerprint density at radius 3 is 2.84 bits per heavy atom. The van der Waals surface area contributed by atoms with E-state index in [0.717, 1.165) is 37.1 Å². The zero-order chi connectivity index (χ0) is 13.5. The van der Waals surface area contributed by atoms with Gasteiger partial charge in [0.05, 0.1) is 13.2 Å². The summed E-state index contributed by atoms with van der Waals surface area (Å²) in [5, 5.41) is 13.5. The molecule has 1 aromatic heterocycles. The van der Waals surface area contributed by atoms with Crippen LogP contribution in [0, 0.1) is 0 Å². The fraction of sp³-hybridized carbons (Fsp3) is 0.692. The van der Waals surface area contributed by atoms with E-state index in [4.69, 9.17) is 9.47 Å². The Bertz CT molecular complexity index is 503. The summed E-state index contributed by atoms with van der Waals surface area (Å²) in [5.74, 6) is -1.58. The highest BCUT2D eigenvalue weighted by Crippen LogP contribution is 2.36. The number of aromatic carboxylic acids is 1. The molecular weight excluding hydrogens is 248 g/mol. The van der Waals surface area contributed by atoms with Crippen molar-refractivity contribution < 1.29 is 19.4 Å². The van der Waals surface area contributed by atoms with E-state index in [9.17, 15) is 9.90 Å². The highest BCUT2D eigenvalue weighted by molar-refractivity contribution is 5.87. The van der Waals surface area contributed by atoms with Crippen LogP contribution in [0.5, 0.6) is 0 Å². The van der Waals surface area contributed by atoms with Gasteiger partial charge in [-0.2, -0.15) is 5.10 Å². The number of nitrogens with zero attached hydrogens (tertiary/aromatic N) is 2. The summed E-state index contributed by atoms with van der Waals surface area (Å²) in [4.78, 5) is 11.3. The summed E-state index contributed by atoms with van der Waals surface area (Å²) < 4.78 is 13.2. The number of carboxylic acids is 1. The zero-order valence-corrected chi connectivity index (χ0v) is 11.0. The molecule has 0 atom stereocenters. The molecule has 6 heteroatoms. The molecular formula is C13H18N2O4. The molecule has 19 heavy (non-hydrogen) atoms. The number of aryl methyl sites for hydroxylation is 1. The number of carboxylic acid groups (broad SMARTS) is 1. The molecule has 0 aromatic carbocycles. The van der Waals surface area contributed by atoms with E-state index in [1.54, 1.807) is 0 Å². The number of carbonyl (C=O) groups is 1. The molecule has 1 aromatic rings. The van der Waals surface area contributed by atoms with Crippen LogP contribution in [0.1, 0.15) is 41.5 Å². The molecule has 0 bridgehead atoms. The molecule has 1 aliphatic heterocycles. The van der Waals surface area contributed by atoms with Crippen LogP contribution < -0.4 is 0 Å². The van der Waals surface area contributed by atoms with Gasteiger partial charge in [-0.05, 0) is 12.8 Å². The summed E-state index contributed by atoms with van der Waals surface area (Å²) >= 11 is 0. The van der Waals surface area contributed by atoms with Crippen LogP contribution in [0.25, 0.3) is 0 Å². The van der Waals surface area contributed by atoms with E-state index >= 15 is 0 Å². The maximum absolute atomic E-state index is 11.3. The van der Waals surface area contributed by atoms with Gasteiger partial charge in [0.2, 0.25) is 0 Å². The highest BCUT2D eigenvalue weighted by Gasteiger charge is 2.43. The van der Waals surface area contributed by atoms with Crippen molar-refractivity contribution >= 4 is 5.97 Å². The van der Waals surface area contributed by atoms with Crippen molar-refractivity contribution in [1.29, 1.82) is 0 Å². The molecule has 0 radical (unpaired) electrons. The highest BCUT2D eigenvalue weighted by atomic mass is 16.7. The van der Waals surface area contributed by atoms with Crippen LogP contribution in [-0.4, -0.2) is 39.9 Å². The molecule has 1 saturated heterocycles. The minimum atomic E-state index is -0.971. The van der Waals surface area contributed by atoms with E-state index < -0.39 is 11.8 Å². The summed E-state index contributed by atoms with van der Waals surface area (Å²) in [6.07, 6.45) is 2.96. The molecule has 0 unspecified atom stereocenters. The zero-order valence-electron chi connectivity index (χ0n) is 11.0. The van der Waals surface area contributed by atoms with Crippen molar-refractivity contribution in [2.75, 3.05) is 13.2 Å². The molecule has 0 saturated carbocycles. The quantitative estimate of drug-likeness (QED) is 0.890. The van der Waals surface area contributed by atoms with E-state index in [1.807, 2.05) is 4.68 Å². The third-order valence-corrected chi connectivity index (χ3v) is 3.81. The number of rotatable bonds is 3. The molecule has 104 valence electrons. The normalized spacial score (nSPS) is 20.7. The number of aromatic nitrogens is 2. The Morgan fingerprint density at radius 1 is 1.47 bits per heavy atom. The second-order valence-electron chi connectivity index (χ2n) is 5.09. The van der Waals surface area contributed by atoms with Crippen molar-refractivity contribution in [2.24, 2.45) is 0 Å². The van der Waals surface area contributed by atoms with Crippen molar-refractivity contribution in [3.8, 4) is 0 Å². The van der Waals surface area contributed by atoms with Crippen LogP contribution in [0.2, 0.25) is 0 Å². The Kier molecular flexibility index (Phi) is 3.06. The lowest BCUT2D eigenvalue weighted by Gasteiger charge is -2.31. The van der Waals surface area contributed by atoms with Crippen molar-refractivity contribution in [3.63, 3.8) is 0 Å². The van der Waals surface area contributed by atoms with Gasteiger partial charge < -0.3 is 14.6 Å². The first-order valence-corrected chi connectivity index (χ1v) is 6.75. The van der Waals surface area contributed by atoms with Gasteiger partial charge in [-0.3, -0.25) is 4.68 Å². The van der Waals surface area contributed by atoms with Crippen LogP contribution in [0.3, 0.4) is 0 Å². The number of hydrogen-bond donors (Lipinski definition) is 1. The minimum Gasteiger partial charge on any atom is -0.476 e. The fourth-order valence-corrected chi connectivity index (χ4v) is 2.98. The first-order valence-electron chi connectivity index (χ1n) is 6.75. The van der Waals surface area contributed by atoms with Gasteiger partial charge in [-0.25, -0.2) is 4.79 Å². The Labute approximate surface area is 111 Å². The summed E-state index contributed by atoms with van der Waals surface area (Å²) in [6.45, 7) is 3.98. The van der Waals surface area contributed by atoms with Crippen molar-refractivity contribution in [1.82, 2.24) is 9.78 Å². The van der Waals surface area contributed by atoms with Crippen LogP contribution in [0.4, 0.5) is 0 Å². The number of hydrogen-bond acceptors (Lipinski definition) is 4. The summed E-state index contributed by atoms with van der Waals surface area (Å²) in [6, 6.07) is 0. The lowest BCUT2D eigenvalue weighted by molar-refractivity contribution is -0.164. The molecule has 2 heterocycles. The largest absolute Gasteiger partial charge is 0.476 e. The van der Waals surface area contributed by atoms with Crippen molar-refractivity contribution in [3.05, 3.63) is 17.0 Å². The van der Waals surface area contributed by atoms with Crippen LogP contribution in [-0.2, 0) is 28.9 Å². The molecule has 3 rings (SSSR count). The average molecular weight is 266 g/mol. The van der Waals surface area contributed by atoms with E-state index in [-0.39, 0.29) is 5.69 Å². The Hall–Kier alpha value is -1.40. The number of fused-ring (bicyclic) bond motifs is 1. The lowest BCUT2D eigenvalue weighted by atomic mass is 9.90. The lowest BCUT2D eigenvalue weighted by Crippen LogP contribution is -2.37. The van der Waals surface area contributed by atoms with Gasteiger partial charge in [-0.15, -0.1) is 0 Å². The van der Waals surface area contributed by atoms with Gasteiger partial charge in [0, 0.05) is 30.6 Å². The second kappa shape index (κ2) is 4.61. The predicted molar refractivity (Wildman–Crippen MR) is 66.1 cm³/mol. The standard InChI is InChI=1S/C13H18N2O4/c1-2-5-15-10-3-4-13(18-6-7-19-13)8-9(10)11(14-15)12(16)17/h2-8H2,1H3,(H,16,17). The topological polar surface area (TPSA) is 73.6 Å². The predicted octanol–water partition coefficient (Wildman–Crippen LogP) is 1.22. The summed E-state index contributed by atoms with van der Waals surface area (Å²) in [5.41, 5.74) is 1.97. The van der Waals surface area contributed by atoms with E-state index in [2.05, 4.69) is 12.0 Å². The van der Waals surface area contributed by atoms with Crippen LogP contribution in [0.15, 0.2) is 0 Å². The average Bonchev–Trinajstić information content (AvgIpc) is 2.96. The third-order valence-electron chi connectivity index (χ3n) is 3.81. The first kappa shape index (κ1) is 12.6. The minimum absolute atomic E-state index is 0.154. The van der Waals surface area contributed by atoms with Gasteiger partial charge in [0.1, 0.15) is 0 Å². The van der Waals surface area contributed by atoms with Gasteiger partial charge in [-0.1, -0.05) is 6.92 Å². The monoisotopic (exact) mass is 266 g/mol. The number of ether oxygens (including phenoxy) is 2. The molecule has 1 N–H and O–H groups in total. The molecule has 2 aliphatic rings. The van der Waals surface area contributed by atoms with Crippen LogP contribution >= 0.6 is 0 Å². The van der Waals surface area contributed by atoms with Gasteiger partial charge in [0.15, 0.2) is 11.5 Å². The van der Waals surface area contributed by atoms with Gasteiger partial charge in [0.25, 0.3) is 0 Å². The summed E-state index contributed by atoms with van der Waals surface area (Å²) in [7, 11) is 0. The smallest absolute Gasteiger partial charge is 0.356 e. The van der Waals surface area contributed by atoms with E-state index in [0.29, 0.717) is 19.6 Å². The molecule has 6 nitrogen and oxygen atoms in total. The second-order valence-corrected chi connectivity index (χ2v) is 5.09. The SMILES string of the molecule is CCCn1nc(C(=O)O)c2c1CCC1(C2)OCCO1. The van der Waals surface area contributed by atoms with E-state index in [1.165, 1.54) is 0 Å². The Morgan fingerprint density at radius 2 is 2.21 bits per heavy atom. The maximum atomic E-state index is 11.3.